The Kier molecular flexibility index (Phi) is 9.65. The van der Waals surface area contributed by atoms with E-state index in [-0.39, 0.29) is 30.2 Å². The second-order valence-corrected chi connectivity index (χ2v) is 10.3. The molecule has 35 heavy (non-hydrogen) atoms. The van der Waals surface area contributed by atoms with Gasteiger partial charge in [0.2, 0.25) is 23.6 Å². The van der Waals surface area contributed by atoms with Crippen LogP contribution in [0.15, 0.2) is 0 Å². The first-order valence-corrected chi connectivity index (χ1v) is 12.3. The Labute approximate surface area is 207 Å². The van der Waals surface area contributed by atoms with Crippen molar-refractivity contribution < 1.29 is 28.7 Å². The van der Waals surface area contributed by atoms with Crippen LogP contribution in [0.1, 0.15) is 53.9 Å². The van der Waals surface area contributed by atoms with Gasteiger partial charge in [-0.2, -0.15) is 0 Å². The Hall–Kier alpha value is -2.69. The first kappa shape index (κ1) is 28.5. The molecular formula is C24H41N5O6. The lowest BCUT2D eigenvalue weighted by molar-refractivity contribution is -0.163. The van der Waals surface area contributed by atoms with Crippen LogP contribution in [-0.2, 0) is 28.7 Å². The molecule has 11 heteroatoms. The molecule has 2 saturated heterocycles. The van der Waals surface area contributed by atoms with Crippen LogP contribution in [0.25, 0.3) is 0 Å². The Balaban J connectivity index is 2.49. The largest absolute Gasteiger partial charge is 0.459 e. The van der Waals surface area contributed by atoms with Crippen molar-refractivity contribution in [2.75, 3.05) is 27.2 Å². The third-order valence-electron chi connectivity index (χ3n) is 6.84. The maximum atomic E-state index is 13.5. The van der Waals surface area contributed by atoms with Crippen LogP contribution in [0.3, 0.4) is 0 Å². The van der Waals surface area contributed by atoms with Crippen LogP contribution < -0.4 is 11.1 Å². The van der Waals surface area contributed by atoms with Crippen molar-refractivity contribution in [2.24, 2.45) is 17.6 Å². The molecule has 5 unspecified atom stereocenters. The van der Waals surface area contributed by atoms with Gasteiger partial charge < -0.3 is 30.5 Å². The highest BCUT2D eigenvalue weighted by Crippen LogP contribution is 2.22. The van der Waals surface area contributed by atoms with Crippen LogP contribution in [0.4, 0.5) is 0 Å². The highest BCUT2D eigenvalue weighted by molar-refractivity contribution is 5.95. The van der Waals surface area contributed by atoms with Gasteiger partial charge in [0.25, 0.3) is 0 Å². The van der Waals surface area contributed by atoms with E-state index in [1.807, 2.05) is 0 Å². The number of carbonyl (C=O) groups is 5. The predicted octanol–water partition coefficient (Wildman–Crippen LogP) is -0.278. The molecule has 2 heterocycles. The van der Waals surface area contributed by atoms with Gasteiger partial charge >= 0.3 is 5.97 Å². The van der Waals surface area contributed by atoms with E-state index in [2.05, 4.69) is 5.32 Å². The Morgan fingerprint density at radius 1 is 0.971 bits per heavy atom. The van der Waals surface area contributed by atoms with Crippen molar-refractivity contribution in [3.63, 3.8) is 0 Å². The van der Waals surface area contributed by atoms with Gasteiger partial charge in [-0.1, -0.05) is 27.7 Å². The Bertz CT molecular complexity index is 831. The molecule has 4 amide bonds. The molecule has 2 aliphatic rings. The molecule has 0 spiro atoms. The third-order valence-corrected chi connectivity index (χ3v) is 6.84. The van der Waals surface area contributed by atoms with E-state index in [9.17, 15) is 24.0 Å². The van der Waals surface area contributed by atoms with Gasteiger partial charge in [0.05, 0.1) is 6.54 Å². The number of nitrogens with zero attached hydrogens (tertiary/aromatic N) is 3. The maximum Gasteiger partial charge on any atom is 0.329 e. The fourth-order valence-corrected chi connectivity index (χ4v) is 4.61. The quantitative estimate of drug-likeness (QED) is 0.502. The van der Waals surface area contributed by atoms with Crippen molar-refractivity contribution in [3.8, 4) is 0 Å². The Morgan fingerprint density at radius 3 is 2.17 bits per heavy atom. The second kappa shape index (κ2) is 11.8. The molecule has 0 aromatic rings. The zero-order chi connectivity index (χ0) is 26.6. The molecule has 0 radical (unpaired) electrons. The lowest BCUT2D eigenvalue weighted by Crippen LogP contribution is -2.62. The minimum atomic E-state index is -1.22. The van der Waals surface area contributed by atoms with Crippen molar-refractivity contribution in [3.05, 3.63) is 0 Å². The van der Waals surface area contributed by atoms with E-state index in [4.69, 9.17) is 10.5 Å². The number of amides is 4. The minimum absolute atomic E-state index is 0.246. The number of carbonyl (C=O) groups excluding carboxylic acids is 5. The van der Waals surface area contributed by atoms with Gasteiger partial charge in [-0.25, -0.2) is 4.79 Å². The number of ether oxygens (including phenoxy) is 1. The predicted molar refractivity (Wildman–Crippen MR) is 129 cm³/mol. The summed E-state index contributed by atoms with van der Waals surface area (Å²) in [5.74, 6) is -3.04. The molecule has 11 nitrogen and oxygen atoms in total. The second-order valence-electron chi connectivity index (χ2n) is 10.3. The van der Waals surface area contributed by atoms with E-state index in [0.717, 1.165) is 12.8 Å². The number of cyclic esters (lactones) is 1. The van der Waals surface area contributed by atoms with E-state index in [0.29, 0.717) is 13.0 Å². The fraction of sp³-hybridized carbons (Fsp3) is 0.792. The molecule has 0 aromatic heterocycles. The van der Waals surface area contributed by atoms with Gasteiger partial charge in [0.1, 0.15) is 30.3 Å². The highest BCUT2D eigenvalue weighted by atomic mass is 16.5. The molecule has 3 N–H and O–H groups in total. The number of likely N-dealkylation sites (N-methyl/N-ethyl adjacent to an activating group) is 2. The molecule has 0 aliphatic carbocycles. The SMILES string of the molecule is CC(C)C1NC(=O)C(N)C(C)OC(=O)C(C(C)C)N(C)C(=O)CN(C)C(=O)C2CCCCN2C1=O. The van der Waals surface area contributed by atoms with Crippen molar-refractivity contribution in [1.29, 1.82) is 0 Å². The van der Waals surface area contributed by atoms with Crippen molar-refractivity contribution >= 4 is 29.6 Å². The zero-order valence-electron chi connectivity index (χ0n) is 21.9. The summed E-state index contributed by atoms with van der Waals surface area (Å²) in [4.78, 5) is 69.9. The average Bonchev–Trinajstić information content (AvgIpc) is 2.79. The van der Waals surface area contributed by atoms with Crippen molar-refractivity contribution in [2.45, 2.75) is 84.2 Å². The van der Waals surface area contributed by atoms with Gasteiger partial charge in [0.15, 0.2) is 0 Å². The van der Waals surface area contributed by atoms with E-state index in [1.54, 1.807) is 27.7 Å². The lowest BCUT2D eigenvalue weighted by atomic mass is 9.96. The van der Waals surface area contributed by atoms with Crippen LogP contribution >= 0.6 is 0 Å². The first-order chi connectivity index (χ1) is 16.3. The lowest BCUT2D eigenvalue weighted by Gasteiger charge is -2.40. The summed E-state index contributed by atoms with van der Waals surface area (Å²) in [6.45, 7) is 8.78. The number of rotatable bonds is 2. The summed E-state index contributed by atoms with van der Waals surface area (Å²) in [5.41, 5.74) is 6.10. The highest BCUT2D eigenvalue weighted by Gasteiger charge is 2.41. The number of nitrogens with two attached hydrogens (primary N) is 1. The summed E-state index contributed by atoms with van der Waals surface area (Å²) in [5, 5.41) is 2.72. The zero-order valence-corrected chi connectivity index (χ0v) is 21.9. The van der Waals surface area contributed by atoms with Gasteiger partial charge in [-0.05, 0) is 38.0 Å². The molecule has 5 atom stereocenters. The Morgan fingerprint density at radius 2 is 1.60 bits per heavy atom. The van der Waals surface area contributed by atoms with Crippen LogP contribution in [0.5, 0.6) is 0 Å². The minimum Gasteiger partial charge on any atom is -0.459 e. The summed E-state index contributed by atoms with van der Waals surface area (Å²) in [6, 6.07) is -3.78. The number of fused-ring (bicyclic) bond motifs is 1. The van der Waals surface area contributed by atoms with Crippen LogP contribution in [0.2, 0.25) is 0 Å². The monoisotopic (exact) mass is 495 g/mol. The number of nitrogens with one attached hydrogen (secondary N) is 1. The van der Waals surface area contributed by atoms with E-state index in [1.165, 1.54) is 35.7 Å². The molecule has 0 aromatic carbocycles. The summed E-state index contributed by atoms with van der Waals surface area (Å²) >= 11 is 0. The van der Waals surface area contributed by atoms with Gasteiger partial charge in [0, 0.05) is 20.6 Å². The number of esters is 1. The number of piperidine rings is 1. The van der Waals surface area contributed by atoms with E-state index >= 15 is 0 Å². The smallest absolute Gasteiger partial charge is 0.329 e. The fourth-order valence-electron chi connectivity index (χ4n) is 4.61. The van der Waals surface area contributed by atoms with Gasteiger partial charge in [-0.3, -0.25) is 19.2 Å². The van der Waals surface area contributed by atoms with Gasteiger partial charge in [-0.15, -0.1) is 0 Å². The normalized spacial score (nSPS) is 30.5. The maximum absolute atomic E-state index is 13.5. The molecule has 2 rings (SSSR count). The topological polar surface area (TPSA) is 142 Å². The van der Waals surface area contributed by atoms with Crippen LogP contribution in [0, 0.1) is 11.8 Å². The third kappa shape index (κ3) is 6.50. The number of hydrogen-bond acceptors (Lipinski definition) is 7. The van der Waals surface area contributed by atoms with Crippen molar-refractivity contribution in [1.82, 2.24) is 20.0 Å². The van der Waals surface area contributed by atoms with Crippen LogP contribution in [-0.4, -0.2) is 102 Å². The number of hydrogen-bond donors (Lipinski definition) is 2. The molecule has 0 bridgehead atoms. The van der Waals surface area contributed by atoms with E-state index < -0.39 is 48.1 Å². The molecule has 198 valence electrons. The summed E-state index contributed by atoms with van der Waals surface area (Å²) < 4.78 is 5.49. The molecule has 0 saturated carbocycles. The summed E-state index contributed by atoms with van der Waals surface area (Å²) in [7, 11) is 3.00. The summed E-state index contributed by atoms with van der Waals surface area (Å²) in [6.07, 6.45) is 0.983. The molecule has 2 aliphatic heterocycles. The first-order valence-electron chi connectivity index (χ1n) is 12.3. The standard InChI is InChI=1S/C24H41N5O6/c1-13(2)19-23(33)29-11-9-8-10-16(29)22(32)27(6)12-17(30)28(7)20(14(3)4)24(34)35-15(5)18(25)21(31)26-19/h13-16,18-20H,8-12,25H2,1-7H3,(H,26,31). The molecular weight excluding hydrogens is 454 g/mol. The average molecular weight is 496 g/mol. The molecule has 2 fully saturated rings.